The summed E-state index contributed by atoms with van der Waals surface area (Å²) < 4.78 is 0. The van der Waals surface area contributed by atoms with Gasteiger partial charge in [0.2, 0.25) is 0 Å². The lowest BCUT2D eigenvalue weighted by Gasteiger charge is -2.22. The Hall–Kier alpha value is -1.42. The summed E-state index contributed by atoms with van der Waals surface area (Å²) in [7, 11) is 0. The zero-order chi connectivity index (χ0) is 12.1. The molecule has 0 radical (unpaired) electrons. The SMILES string of the molecule is CC(NC(C)C(C)C(=O)O)c1cccnc1. The minimum Gasteiger partial charge on any atom is -0.481 e. The fourth-order valence-electron chi connectivity index (χ4n) is 1.48. The van der Waals surface area contributed by atoms with Crippen LogP contribution in [0.25, 0.3) is 0 Å². The fraction of sp³-hybridized carbons (Fsp3) is 0.500. The highest BCUT2D eigenvalue weighted by Gasteiger charge is 2.20. The molecule has 0 fully saturated rings. The van der Waals surface area contributed by atoms with Crippen LogP contribution in [-0.2, 0) is 4.79 Å². The third-order valence-electron chi connectivity index (χ3n) is 2.84. The summed E-state index contributed by atoms with van der Waals surface area (Å²) in [5.41, 5.74) is 1.06. The Morgan fingerprint density at radius 1 is 1.44 bits per heavy atom. The highest BCUT2D eigenvalue weighted by molar-refractivity contribution is 5.70. The summed E-state index contributed by atoms with van der Waals surface area (Å²) >= 11 is 0. The molecule has 3 unspecified atom stereocenters. The van der Waals surface area contributed by atoms with Crippen LogP contribution < -0.4 is 5.32 Å². The van der Waals surface area contributed by atoms with Gasteiger partial charge in [-0.2, -0.15) is 0 Å². The molecule has 4 heteroatoms. The van der Waals surface area contributed by atoms with Crippen LogP contribution in [0.4, 0.5) is 0 Å². The molecule has 0 saturated heterocycles. The first kappa shape index (κ1) is 12.6. The number of aliphatic carboxylic acids is 1. The Kier molecular flexibility index (Phi) is 4.43. The van der Waals surface area contributed by atoms with Gasteiger partial charge in [-0.1, -0.05) is 13.0 Å². The summed E-state index contributed by atoms with van der Waals surface area (Å²) in [6, 6.07) is 3.87. The molecule has 0 aliphatic heterocycles. The Morgan fingerprint density at radius 2 is 2.12 bits per heavy atom. The van der Waals surface area contributed by atoms with Crippen LogP contribution in [0, 0.1) is 5.92 Å². The van der Waals surface area contributed by atoms with Crippen molar-refractivity contribution in [1.29, 1.82) is 0 Å². The smallest absolute Gasteiger partial charge is 0.307 e. The topological polar surface area (TPSA) is 62.2 Å². The Bertz CT molecular complexity index is 340. The average Bonchev–Trinajstić information content (AvgIpc) is 2.28. The van der Waals surface area contributed by atoms with Gasteiger partial charge in [-0.25, -0.2) is 0 Å². The van der Waals surface area contributed by atoms with Gasteiger partial charge >= 0.3 is 5.97 Å². The second kappa shape index (κ2) is 5.61. The third-order valence-corrected chi connectivity index (χ3v) is 2.84. The van der Waals surface area contributed by atoms with Gasteiger partial charge in [-0.15, -0.1) is 0 Å². The molecule has 4 nitrogen and oxygen atoms in total. The standard InChI is InChI=1S/C12H18N2O2/c1-8(12(15)16)9(2)14-10(3)11-5-4-6-13-7-11/h4-10,14H,1-3H3,(H,15,16). The molecule has 0 bridgehead atoms. The van der Waals surface area contributed by atoms with Gasteiger partial charge in [-0.05, 0) is 25.5 Å². The quantitative estimate of drug-likeness (QED) is 0.798. The molecular weight excluding hydrogens is 204 g/mol. The Balaban J connectivity index is 2.58. The second-order valence-corrected chi connectivity index (χ2v) is 4.09. The summed E-state index contributed by atoms with van der Waals surface area (Å²) in [5, 5.41) is 12.1. The van der Waals surface area contributed by atoms with Crippen LogP contribution in [0.2, 0.25) is 0 Å². The number of pyridine rings is 1. The monoisotopic (exact) mass is 222 g/mol. The summed E-state index contributed by atoms with van der Waals surface area (Å²) in [5.74, 6) is -1.18. The summed E-state index contributed by atoms with van der Waals surface area (Å²) in [6.07, 6.45) is 3.51. The zero-order valence-corrected chi connectivity index (χ0v) is 9.84. The van der Waals surface area contributed by atoms with Crippen molar-refractivity contribution in [1.82, 2.24) is 10.3 Å². The predicted octanol–water partition coefficient (Wildman–Crippen LogP) is 1.84. The Labute approximate surface area is 95.7 Å². The second-order valence-electron chi connectivity index (χ2n) is 4.09. The highest BCUT2D eigenvalue weighted by Crippen LogP contribution is 2.13. The molecule has 0 aromatic carbocycles. The van der Waals surface area contributed by atoms with Gasteiger partial charge in [0.05, 0.1) is 5.92 Å². The van der Waals surface area contributed by atoms with Crippen LogP contribution >= 0.6 is 0 Å². The van der Waals surface area contributed by atoms with Crippen LogP contribution in [0.1, 0.15) is 32.4 Å². The van der Waals surface area contributed by atoms with Crippen LogP contribution in [0.3, 0.4) is 0 Å². The third kappa shape index (κ3) is 3.31. The van der Waals surface area contributed by atoms with Gasteiger partial charge in [0.25, 0.3) is 0 Å². The van der Waals surface area contributed by atoms with E-state index >= 15 is 0 Å². The van der Waals surface area contributed by atoms with E-state index in [-0.39, 0.29) is 12.1 Å². The first-order valence-electron chi connectivity index (χ1n) is 5.41. The molecular formula is C12H18N2O2. The molecule has 1 heterocycles. The number of carboxylic acid groups (broad SMARTS) is 1. The van der Waals surface area contributed by atoms with Crippen molar-refractivity contribution in [2.75, 3.05) is 0 Å². The molecule has 0 aliphatic carbocycles. The largest absolute Gasteiger partial charge is 0.481 e. The van der Waals surface area contributed by atoms with Crippen molar-refractivity contribution in [3.8, 4) is 0 Å². The number of nitrogens with one attached hydrogen (secondary N) is 1. The average molecular weight is 222 g/mol. The van der Waals surface area contributed by atoms with E-state index in [0.29, 0.717) is 0 Å². The van der Waals surface area contributed by atoms with Gasteiger partial charge in [0.1, 0.15) is 0 Å². The zero-order valence-electron chi connectivity index (χ0n) is 9.84. The van der Waals surface area contributed by atoms with Crippen molar-refractivity contribution >= 4 is 5.97 Å². The van der Waals surface area contributed by atoms with Crippen LogP contribution in [-0.4, -0.2) is 22.1 Å². The highest BCUT2D eigenvalue weighted by atomic mass is 16.4. The van der Waals surface area contributed by atoms with Crippen molar-refractivity contribution < 1.29 is 9.90 Å². The molecule has 1 rings (SSSR count). The molecule has 0 spiro atoms. The maximum Gasteiger partial charge on any atom is 0.307 e. The van der Waals surface area contributed by atoms with E-state index in [9.17, 15) is 4.79 Å². The lowest BCUT2D eigenvalue weighted by atomic mass is 10.0. The minimum atomic E-state index is -0.779. The molecule has 0 saturated carbocycles. The van der Waals surface area contributed by atoms with Crippen molar-refractivity contribution in [3.63, 3.8) is 0 Å². The van der Waals surface area contributed by atoms with Crippen LogP contribution in [0.15, 0.2) is 24.5 Å². The minimum absolute atomic E-state index is 0.0762. The van der Waals surface area contributed by atoms with E-state index in [1.807, 2.05) is 26.0 Å². The van der Waals surface area contributed by atoms with E-state index in [1.165, 1.54) is 0 Å². The summed E-state index contributed by atoms with van der Waals surface area (Å²) in [6.45, 7) is 5.59. The molecule has 0 amide bonds. The van der Waals surface area contributed by atoms with Gasteiger partial charge in [0, 0.05) is 24.5 Å². The maximum atomic E-state index is 10.8. The van der Waals surface area contributed by atoms with E-state index in [4.69, 9.17) is 5.11 Å². The molecule has 1 aromatic rings. The number of carbonyl (C=O) groups is 1. The maximum absolute atomic E-state index is 10.8. The fourth-order valence-corrected chi connectivity index (χ4v) is 1.48. The molecule has 3 atom stereocenters. The van der Waals surface area contributed by atoms with E-state index in [1.54, 1.807) is 19.3 Å². The number of rotatable bonds is 5. The van der Waals surface area contributed by atoms with E-state index < -0.39 is 11.9 Å². The molecule has 16 heavy (non-hydrogen) atoms. The number of hydrogen-bond donors (Lipinski definition) is 2. The predicted molar refractivity (Wildman–Crippen MR) is 62.0 cm³/mol. The molecule has 1 aromatic heterocycles. The van der Waals surface area contributed by atoms with Crippen LogP contribution in [0.5, 0.6) is 0 Å². The van der Waals surface area contributed by atoms with E-state index in [0.717, 1.165) is 5.56 Å². The number of aromatic nitrogens is 1. The normalized spacial score (nSPS) is 16.4. The van der Waals surface area contributed by atoms with Gasteiger partial charge in [-0.3, -0.25) is 9.78 Å². The molecule has 0 aliphatic rings. The van der Waals surface area contributed by atoms with Crippen molar-refractivity contribution in [3.05, 3.63) is 30.1 Å². The lowest BCUT2D eigenvalue weighted by Crippen LogP contribution is -2.37. The number of nitrogens with zero attached hydrogens (tertiary/aromatic N) is 1. The lowest BCUT2D eigenvalue weighted by molar-refractivity contribution is -0.142. The molecule has 2 N–H and O–H groups in total. The molecule has 88 valence electrons. The first-order valence-corrected chi connectivity index (χ1v) is 5.41. The Morgan fingerprint density at radius 3 is 2.62 bits per heavy atom. The van der Waals surface area contributed by atoms with Crippen molar-refractivity contribution in [2.24, 2.45) is 5.92 Å². The van der Waals surface area contributed by atoms with Gasteiger partial charge in [0.15, 0.2) is 0 Å². The number of hydrogen-bond acceptors (Lipinski definition) is 3. The van der Waals surface area contributed by atoms with Crippen molar-refractivity contribution in [2.45, 2.75) is 32.9 Å². The number of carboxylic acids is 1. The summed E-state index contributed by atoms with van der Waals surface area (Å²) in [4.78, 5) is 14.8. The van der Waals surface area contributed by atoms with Gasteiger partial charge < -0.3 is 10.4 Å². The first-order chi connectivity index (χ1) is 7.52. The van der Waals surface area contributed by atoms with E-state index in [2.05, 4.69) is 10.3 Å².